The maximum atomic E-state index is 12.7. The number of alkyl carbamates (subject to hydrolysis) is 1. The summed E-state index contributed by atoms with van der Waals surface area (Å²) in [5, 5.41) is 2.72. The highest BCUT2D eigenvalue weighted by Crippen LogP contribution is 2.43. The Kier molecular flexibility index (Phi) is 8.10. The van der Waals surface area contributed by atoms with Gasteiger partial charge in [0, 0.05) is 6.42 Å². The maximum Gasteiger partial charge on any atom is 0.407 e. The molecule has 2 fully saturated rings. The molecule has 0 spiro atoms. The smallest absolute Gasteiger partial charge is 0.407 e. The van der Waals surface area contributed by atoms with Crippen LogP contribution in [-0.4, -0.2) is 58.9 Å². The summed E-state index contributed by atoms with van der Waals surface area (Å²) in [5.41, 5.74) is 0.239. The average Bonchev–Trinajstić information content (AvgIpc) is 2.99. The van der Waals surface area contributed by atoms with E-state index in [-0.39, 0.29) is 18.1 Å². The van der Waals surface area contributed by atoms with Crippen molar-refractivity contribution in [3.8, 4) is 0 Å². The Balaban J connectivity index is 1.96. The highest BCUT2D eigenvalue weighted by molar-refractivity contribution is 7.82. The number of hydrogen-bond donors (Lipinski definition) is 1. The minimum Gasteiger partial charge on any atom is -0.444 e. The van der Waals surface area contributed by atoms with E-state index in [4.69, 9.17) is 22.3 Å². The molecule has 35 heavy (non-hydrogen) atoms. The van der Waals surface area contributed by atoms with E-state index in [2.05, 4.69) is 39.2 Å². The summed E-state index contributed by atoms with van der Waals surface area (Å²) in [5.74, 6) is 0. The standard InChI is InChI=1S/C24H39NO8SSi/c1-23(2,3)30-22(26)25-17-14-18-20(32-34(27,28)31-18)21(33-35(7,8)24(4,5)6)19(17)29-15-16-12-10-9-11-13-16/h9-13,17-21H,14-15H2,1-8H3,(H,25,26)/t17-,18?,19+,20?,21-/m1/s1. The first-order valence-corrected chi connectivity index (χ1v) is 16.2. The second-order valence-electron chi connectivity index (χ2n) is 11.7. The third-order valence-corrected chi connectivity index (χ3v) is 12.0. The summed E-state index contributed by atoms with van der Waals surface area (Å²) in [4.78, 5) is 12.7. The fourth-order valence-electron chi connectivity index (χ4n) is 3.90. The molecular weight excluding hydrogens is 490 g/mol. The number of carbonyl (C=O) groups excluding carboxylic acids is 1. The predicted molar refractivity (Wildman–Crippen MR) is 134 cm³/mol. The van der Waals surface area contributed by atoms with Gasteiger partial charge in [0.15, 0.2) is 8.32 Å². The van der Waals surface area contributed by atoms with E-state index in [1.165, 1.54) is 0 Å². The molecule has 1 amide bonds. The minimum absolute atomic E-state index is 0.156. The number of fused-ring (bicyclic) bond motifs is 1. The Bertz CT molecular complexity index is 987. The molecule has 0 aromatic heterocycles. The van der Waals surface area contributed by atoms with Gasteiger partial charge in [-0.2, -0.15) is 8.42 Å². The summed E-state index contributed by atoms with van der Waals surface area (Å²) in [6.45, 7) is 16.0. The van der Waals surface area contributed by atoms with Crippen molar-refractivity contribution in [1.29, 1.82) is 0 Å². The zero-order valence-electron chi connectivity index (χ0n) is 21.9. The van der Waals surface area contributed by atoms with Gasteiger partial charge in [-0.1, -0.05) is 51.1 Å². The van der Waals surface area contributed by atoms with E-state index in [0.717, 1.165) is 5.56 Å². The highest BCUT2D eigenvalue weighted by Gasteiger charge is 2.57. The van der Waals surface area contributed by atoms with Gasteiger partial charge in [0.05, 0.1) is 12.6 Å². The lowest BCUT2D eigenvalue weighted by molar-refractivity contribution is -0.128. The van der Waals surface area contributed by atoms with Gasteiger partial charge in [0.2, 0.25) is 0 Å². The summed E-state index contributed by atoms with van der Waals surface area (Å²) in [7, 11) is -6.60. The number of hydrogen-bond acceptors (Lipinski definition) is 8. The Labute approximate surface area is 210 Å². The highest BCUT2D eigenvalue weighted by atomic mass is 32.3. The van der Waals surface area contributed by atoms with Gasteiger partial charge in [-0.3, -0.25) is 0 Å². The van der Waals surface area contributed by atoms with Crippen LogP contribution in [0.3, 0.4) is 0 Å². The largest absolute Gasteiger partial charge is 0.444 e. The molecule has 1 heterocycles. The van der Waals surface area contributed by atoms with Crippen LogP contribution in [0.4, 0.5) is 4.79 Å². The van der Waals surface area contributed by atoms with E-state index >= 15 is 0 Å². The molecule has 0 radical (unpaired) electrons. The van der Waals surface area contributed by atoms with Gasteiger partial charge in [-0.05, 0) is 44.5 Å². The van der Waals surface area contributed by atoms with Crippen LogP contribution < -0.4 is 5.32 Å². The quantitative estimate of drug-likeness (QED) is 0.544. The van der Waals surface area contributed by atoms with Crippen LogP contribution >= 0.6 is 0 Å². The molecule has 1 saturated carbocycles. The van der Waals surface area contributed by atoms with Gasteiger partial charge < -0.3 is 19.2 Å². The number of carbonyl (C=O) groups is 1. The Morgan fingerprint density at radius 1 is 1.06 bits per heavy atom. The van der Waals surface area contributed by atoms with E-state index in [9.17, 15) is 13.2 Å². The molecule has 5 atom stereocenters. The molecule has 1 saturated heterocycles. The molecule has 198 valence electrons. The summed E-state index contributed by atoms with van der Waals surface area (Å²) < 4.78 is 53.7. The van der Waals surface area contributed by atoms with Crippen LogP contribution in [-0.2, 0) is 39.3 Å². The van der Waals surface area contributed by atoms with Crippen molar-refractivity contribution < 1.29 is 35.5 Å². The minimum atomic E-state index is -4.19. The normalized spacial score (nSPS) is 28.9. The second kappa shape index (κ2) is 10.1. The third-order valence-electron chi connectivity index (χ3n) is 6.59. The number of benzene rings is 1. The van der Waals surface area contributed by atoms with Gasteiger partial charge in [-0.15, -0.1) is 0 Å². The topological polar surface area (TPSA) is 109 Å². The molecule has 1 aromatic rings. The summed E-state index contributed by atoms with van der Waals surface area (Å²) in [6.07, 6.45) is -3.63. The van der Waals surface area contributed by atoms with Crippen molar-refractivity contribution in [1.82, 2.24) is 5.32 Å². The molecule has 9 nitrogen and oxygen atoms in total. The number of rotatable bonds is 6. The van der Waals surface area contributed by atoms with Crippen LogP contribution in [0.25, 0.3) is 0 Å². The molecular formula is C24H39NO8SSi. The van der Waals surface area contributed by atoms with Crippen LogP contribution in [0.5, 0.6) is 0 Å². The number of amides is 1. The van der Waals surface area contributed by atoms with Gasteiger partial charge in [0.1, 0.15) is 30.0 Å². The first kappa shape index (κ1) is 28.1. The number of nitrogens with one attached hydrogen (secondary N) is 1. The van der Waals surface area contributed by atoms with Crippen molar-refractivity contribution in [2.45, 2.75) is 109 Å². The van der Waals surface area contributed by atoms with Crippen molar-refractivity contribution in [2.75, 3.05) is 0 Å². The average molecular weight is 530 g/mol. The lowest BCUT2D eigenvalue weighted by Crippen LogP contribution is -2.64. The van der Waals surface area contributed by atoms with Crippen molar-refractivity contribution in [2.24, 2.45) is 0 Å². The molecule has 1 aliphatic heterocycles. The molecule has 1 aromatic carbocycles. The Morgan fingerprint density at radius 3 is 2.26 bits per heavy atom. The lowest BCUT2D eigenvalue weighted by atomic mass is 9.85. The zero-order valence-corrected chi connectivity index (χ0v) is 23.7. The van der Waals surface area contributed by atoms with Crippen LogP contribution in [0.15, 0.2) is 30.3 Å². The predicted octanol–water partition coefficient (Wildman–Crippen LogP) is 4.29. The fraction of sp³-hybridized carbons (Fsp3) is 0.708. The molecule has 2 aliphatic rings. The van der Waals surface area contributed by atoms with E-state index in [1.807, 2.05) is 30.3 Å². The third kappa shape index (κ3) is 7.27. The van der Waals surface area contributed by atoms with Crippen molar-refractivity contribution in [3.05, 3.63) is 35.9 Å². The first-order chi connectivity index (χ1) is 16.0. The van der Waals surface area contributed by atoms with E-state index in [1.54, 1.807) is 20.8 Å². The summed E-state index contributed by atoms with van der Waals surface area (Å²) in [6, 6.07) is 8.99. The van der Waals surface area contributed by atoms with Gasteiger partial charge in [0.25, 0.3) is 0 Å². The Morgan fingerprint density at radius 2 is 1.69 bits per heavy atom. The second-order valence-corrected chi connectivity index (χ2v) is 17.7. The van der Waals surface area contributed by atoms with Crippen LogP contribution in [0.1, 0.15) is 53.5 Å². The molecule has 1 aliphatic carbocycles. The van der Waals surface area contributed by atoms with Crippen LogP contribution in [0, 0.1) is 0 Å². The SMILES string of the molecule is CC(C)(C)OC(=O)N[C@@H]1CC2OS(=O)(=O)OC2[C@H](O[Si](C)(C)C(C)(C)C)[C@H]1OCc1ccccc1. The molecule has 3 rings (SSSR count). The lowest BCUT2D eigenvalue weighted by Gasteiger charge is -2.47. The van der Waals surface area contributed by atoms with Crippen LogP contribution in [0.2, 0.25) is 18.1 Å². The monoisotopic (exact) mass is 529 g/mol. The molecule has 2 unspecified atom stereocenters. The molecule has 0 bridgehead atoms. The Hall–Kier alpha value is -1.50. The number of ether oxygens (including phenoxy) is 2. The van der Waals surface area contributed by atoms with Crippen molar-refractivity contribution >= 4 is 24.8 Å². The summed E-state index contributed by atoms with van der Waals surface area (Å²) >= 11 is 0. The zero-order chi connectivity index (χ0) is 26.2. The molecule has 1 N–H and O–H groups in total. The van der Waals surface area contributed by atoms with E-state index < -0.39 is 60.9 Å². The van der Waals surface area contributed by atoms with Gasteiger partial charge >= 0.3 is 16.5 Å². The first-order valence-electron chi connectivity index (χ1n) is 11.9. The maximum absolute atomic E-state index is 12.7. The van der Waals surface area contributed by atoms with Crippen molar-refractivity contribution in [3.63, 3.8) is 0 Å². The fourth-order valence-corrected chi connectivity index (χ4v) is 6.24. The van der Waals surface area contributed by atoms with Gasteiger partial charge in [-0.25, -0.2) is 13.2 Å². The van der Waals surface area contributed by atoms with E-state index in [0.29, 0.717) is 0 Å². The molecule has 11 heteroatoms.